The lowest BCUT2D eigenvalue weighted by atomic mass is 9.89. The average molecular weight is 498 g/mol. The van der Waals surface area contributed by atoms with Crippen LogP contribution in [0.1, 0.15) is 43.3 Å². The molecule has 1 aromatic carbocycles. The van der Waals surface area contributed by atoms with Crippen molar-refractivity contribution in [2.24, 2.45) is 0 Å². The van der Waals surface area contributed by atoms with Crippen molar-refractivity contribution in [2.75, 3.05) is 38.2 Å². The highest BCUT2D eigenvalue weighted by Crippen LogP contribution is 2.39. The minimum atomic E-state index is -0.923. The Kier molecular flexibility index (Phi) is 6.83. The first-order chi connectivity index (χ1) is 17.3. The number of halogens is 3. The summed E-state index contributed by atoms with van der Waals surface area (Å²) < 4.78 is 49.8. The van der Waals surface area contributed by atoms with Crippen molar-refractivity contribution in [3.8, 4) is 17.0 Å². The Bertz CT molecular complexity index is 1240. The summed E-state index contributed by atoms with van der Waals surface area (Å²) in [4.78, 5) is 17.1. The number of rotatable bonds is 5. The molecule has 2 aliphatic heterocycles. The van der Waals surface area contributed by atoms with Crippen LogP contribution in [0.4, 0.5) is 18.9 Å². The summed E-state index contributed by atoms with van der Waals surface area (Å²) in [6, 6.07) is 6.83. The number of nitrogens with zero attached hydrogens (tertiary/aromatic N) is 5. The van der Waals surface area contributed by atoms with Crippen LogP contribution in [-0.2, 0) is 6.42 Å². The van der Waals surface area contributed by atoms with Gasteiger partial charge in [-0.1, -0.05) is 6.07 Å². The molecule has 3 aromatic rings. The highest BCUT2D eigenvalue weighted by atomic mass is 19.1. The molecular weight excluding hydrogens is 467 g/mol. The monoisotopic (exact) mass is 497 g/mol. The minimum absolute atomic E-state index is 0.0270. The van der Waals surface area contributed by atoms with Gasteiger partial charge in [0.05, 0.1) is 24.8 Å². The van der Waals surface area contributed by atoms with Crippen LogP contribution < -0.4 is 9.64 Å². The first-order valence-corrected chi connectivity index (χ1v) is 12.3. The molecule has 9 heteroatoms. The molecule has 0 saturated carbocycles. The number of aromatic nitrogens is 3. The number of benzene rings is 1. The number of fused-ring (bicyclic) bond motifs is 1. The van der Waals surface area contributed by atoms with Gasteiger partial charge < -0.3 is 14.5 Å². The van der Waals surface area contributed by atoms with Crippen molar-refractivity contribution >= 4 is 5.69 Å². The number of anilines is 1. The van der Waals surface area contributed by atoms with Gasteiger partial charge in [0, 0.05) is 36.0 Å². The first-order valence-electron chi connectivity index (χ1n) is 12.3. The number of hydrogen-bond donors (Lipinski definition) is 0. The van der Waals surface area contributed by atoms with Gasteiger partial charge in [0.2, 0.25) is 0 Å². The fraction of sp³-hybridized carbons (Fsp3) is 0.444. The van der Waals surface area contributed by atoms with E-state index in [0.717, 1.165) is 24.7 Å². The molecule has 2 unspecified atom stereocenters. The number of pyridine rings is 1. The van der Waals surface area contributed by atoms with E-state index in [1.165, 1.54) is 6.07 Å². The molecule has 2 aliphatic rings. The molecule has 0 amide bonds. The lowest BCUT2D eigenvalue weighted by Crippen LogP contribution is -2.38. The second kappa shape index (κ2) is 10.0. The maximum Gasteiger partial charge on any atom is 0.178 e. The molecular formula is C27H30F3N5O. The van der Waals surface area contributed by atoms with Gasteiger partial charge in [-0.05, 0) is 57.6 Å². The Labute approximate surface area is 209 Å². The maximum atomic E-state index is 14.9. The zero-order valence-electron chi connectivity index (χ0n) is 20.7. The topological polar surface area (TPSA) is 54.4 Å². The van der Waals surface area contributed by atoms with Crippen molar-refractivity contribution in [2.45, 2.75) is 44.8 Å². The molecule has 0 aliphatic carbocycles. The molecule has 0 spiro atoms. The molecule has 0 N–H and O–H groups in total. The minimum Gasteiger partial charge on any atom is -0.486 e. The quantitative estimate of drug-likeness (QED) is 0.506. The lowest BCUT2D eigenvalue weighted by molar-refractivity contribution is 0.139. The predicted molar refractivity (Wildman–Crippen MR) is 132 cm³/mol. The van der Waals surface area contributed by atoms with E-state index in [1.54, 1.807) is 12.3 Å². The van der Waals surface area contributed by atoms with Crippen LogP contribution in [0.15, 0.2) is 36.7 Å². The highest BCUT2D eigenvalue weighted by molar-refractivity contribution is 5.72. The third kappa shape index (κ3) is 4.89. The summed E-state index contributed by atoms with van der Waals surface area (Å²) in [6.07, 6.45) is 2.91. The van der Waals surface area contributed by atoms with Crippen molar-refractivity contribution in [3.63, 3.8) is 0 Å². The SMILES string of the molecule is CC(C)N1CCOc2c(F)cc(-c3nc(Cc4ccc(C5CCN(C)CC5F)cn4)ncc3F)cc21. The van der Waals surface area contributed by atoms with Gasteiger partial charge in [-0.15, -0.1) is 0 Å². The Hall–Kier alpha value is -3.20. The van der Waals surface area contributed by atoms with Gasteiger partial charge in [0.1, 0.15) is 24.3 Å². The zero-order valence-corrected chi connectivity index (χ0v) is 20.7. The summed E-state index contributed by atoms with van der Waals surface area (Å²) >= 11 is 0. The normalized spacial score (nSPS) is 20.4. The number of ether oxygens (including phenoxy) is 1. The van der Waals surface area contributed by atoms with E-state index >= 15 is 0 Å². The van der Waals surface area contributed by atoms with Gasteiger partial charge in [0.15, 0.2) is 17.4 Å². The molecule has 2 aromatic heterocycles. The second-order valence-corrected chi connectivity index (χ2v) is 9.86. The third-order valence-corrected chi connectivity index (χ3v) is 6.96. The number of piperidine rings is 1. The van der Waals surface area contributed by atoms with E-state index in [9.17, 15) is 13.2 Å². The summed E-state index contributed by atoms with van der Waals surface area (Å²) in [7, 11) is 1.92. The standard InChI is InChI=1S/C27H30F3N5O/c1-16(2)35-8-9-36-27-21(28)10-18(11-24(27)35)26-22(29)14-32-25(33-26)12-19-5-4-17(13-31-19)20-6-7-34(3)15-23(20)30/h4-5,10-11,13-14,16,20,23H,6-9,12,15H2,1-3H3. The van der Waals surface area contributed by atoms with E-state index < -0.39 is 17.8 Å². The molecule has 190 valence electrons. The van der Waals surface area contributed by atoms with Gasteiger partial charge in [0.25, 0.3) is 0 Å². The molecule has 1 saturated heterocycles. The van der Waals surface area contributed by atoms with Crippen LogP contribution in [0.5, 0.6) is 5.75 Å². The molecule has 2 atom stereocenters. The molecule has 4 heterocycles. The Morgan fingerprint density at radius 2 is 1.92 bits per heavy atom. The second-order valence-electron chi connectivity index (χ2n) is 9.86. The Morgan fingerprint density at radius 1 is 1.08 bits per heavy atom. The molecule has 0 radical (unpaired) electrons. The largest absolute Gasteiger partial charge is 0.486 e. The average Bonchev–Trinajstić information content (AvgIpc) is 2.85. The zero-order chi connectivity index (χ0) is 25.4. The van der Waals surface area contributed by atoms with Gasteiger partial charge in [-0.2, -0.15) is 0 Å². The van der Waals surface area contributed by atoms with E-state index in [2.05, 4.69) is 15.0 Å². The molecule has 1 fully saturated rings. The van der Waals surface area contributed by atoms with Crippen LogP contribution in [0.3, 0.4) is 0 Å². The van der Waals surface area contributed by atoms with E-state index in [4.69, 9.17) is 4.74 Å². The number of alkyl halides is 1. The molecule has 36 heavy (non-hydrogen) atoms. The van der Waals surface area contributed by atoms with Crippen molar-refractivity contribution in [1.29, 1.82) is 0 Å². The van der Waals surface area contributed by atoms with Crippen molar-refractivity contribution in [1.82, 2.24) is 19.9 Å². The molecule has 0 bridgehead atoms. The number of likely N-dealkylation sites (tertiary alicyclic amines) is 1. The smallest absolute Gasteiger partial charge is 0.178 e. The maximum absolute atomic E-state index is 14.9. The van der Waals surface area contributed by atoms with Gasteiger partial charge in [-0.3, -0.25) is 4.98 Å². The van der Waals surface area contributed by atoms with E-state index in [0.29, 0.717) is 42.5 Å². The highest BCUT2D eigenvalue weighted by Gasteiger charge is 2.29. The van der Waals surface area contributed by atoms with Gasteiger partial charge >= 0.3 is 0 Å². The van der Waals surface area contributed by atoms with Gasteiger partial charge in [-0.25, -0.2) is 23.1 Å². The fourth-order valence-electron chi connectivity index (χ4n) is 5.02. The first kappa shape index (κ1) is 24.5. The summed E-state index contributed by atoms with van der Waals surface area (Å²) in [6.45, 7) is 6.31. The van der Waals surface area contributed by atoms with Crippen molar-refractivity contribution in [3.05, 3.63) is 65.4 Å². The van der Waals surface area contributed by atoms with Crippen LogP contribution >= 0.6 is 0 Å². The lowest BCUT2D eigenvalue weighted by Gasteiger charge is -2.34. The van der Waals surface area contributed by atoms with Crippen LogP contribution in [0.2, 0.25) is 0 Å². The summed E-state index contributed by atoms with van der Waals surface area (Å²) in [5.74, 6) is -0.804. The molecule has 5 rings (SSSR count). The summed E-state index contributed by atoms with van der Waals surface area (Å²) in [5, 5.41) is 0. The predicted octanol–water partition coefficient (Wildman–Crippen LogP) is 4.77. The van der Waals surface area contributed by atoms with Crippen LogP contribution in [0.25, 0.3) is 11.3 Å². The fourth-order valence-corrected chi connectivity index (χ4v) is 5.02. The summed E-state index contributed by atoms with van der Waals surface area (Å²) in [5.41, 5.74) is 2.50. The van der Waals surface area contributed by atoms with Crippen LogP contribution in [0, 0.1) is 11.6 Å². The Morgan fingerprint density at radius 3 is 2.64 bits per heavy atom. The van der Waals surface area contributed by atoms with E-state index in [-0.39, 0.29) is 29.8 Å². The Balaban J connectivity index is 1.39. The van der Waals surface area contributed by atoms with Crippen LogP contribution in [-0.4, -0.2) is 65.4 Å². The number of hydrogen-bond acceptors (Lipinski definition) is 6. The van der Waals surface area contributed by atoms with E-state index in [1.807, 2.05) is 42.8 Å². The molecule has 6 nitrogen and oxygen atoms in total. The third-order valence-electron chi connectivity index (χ3n) is 6.96. The van der Waals surface area contributed by atoms with Crippen molar-refractivity contribution < 1.29 is 17.9 Å².